The van der Waals surface area contributed by atoms with Crippen molar-refractivity contribution in [1.82, 2.24) is 10.2 Å². The summed E-state index contributed by atoms with van der Waals surface area (Å²) in [7, 11) is 3.11. The number of carbonyl (C=O) groups is 2. The third-order valence-corrected chi connectivity index (χ3v) is 6.11. The fourth-order valence-electron chi connectivity index (χ4n) is 3.60. The largest absolute Gasteiger partial charge is 0.495 e. The molecule has 1 heterocycles. The third-order valence-electron chi connectivity index (χ3n) is 5.32. The number of piperidine rings is 1. The average molecular weight is 475 g/mol. The number of likely N-dealkylation sites (tertiary alicyclic amines) is 1. The van der Waals surface area contributed by atoms with Gasteiger partial charge in [-0.15, -0.1) is 0 Å². The summed E-state index contributed by atoms with van der Waals surface area (Å²) in [5.41, 5.74) is 1.69. The number of methoxy groups -OCH3 is 2. The highest BCUT2D eigenvalue weighted by atomic mass is 79.9. The summed E-state index contributed by atoms with van der Waals surface area (Å²) in [4.78, 5) is 27.0. The van der Waals surface area contributed by atoms with E-state index in [4.69, 9.17) is 9.47 Å². The van der Waals surface area contributed by atoms with E-state index in [1.54, 1.807) is 26.4 Å². The first-order chi connectivity index (χ1) is 14.5. The molecule has 7 heteroatoms. The SMILES string of the molecule is COc1cc(C(=O)N2CCC(NC(=O)CCc3ccccc3)CC2)cc(OC)c1Br. The molecule has 0 saturated carbocycles. The van der Waals surface area contributed by atoms with Crippen molar-refractivity contribution >= 4 is 27.7 Å². The molecular formula is C23H27BrN2O4. The molecule has 160 valence electrons. The van der Waals surface area contributed by atoms with Crippen LogP contribution in [0.15, 0.2) is 46.9 Å². The molecule has 1 aliphatic heterocycles. The van der Waals surface area contributed by atoms with Crippen LogP contribution in [0.2, 0.25) is 0 Å². The first-order valence-electron chi connectivity index (χ1n) is 10.1. The zero-order valence-corrected chi connectivity index (χ0v) is 18.9. The molecule has 2 amide bonds. The van der Waals surface area contributed by atoms with E-state index in [2.05, 4.69) is 21.2 Å². The number of rotatable bonds is 7. The fourth-order valence-corrected chi connectivity index (χ4v) is 4.16. The smallest absolute Gasteiger partial charge is 0.254 e. The molecule has 1 fully saturated rings. The molecular weight excluding hydrogens is 448 g/mol. The van der Waals surface area contributed by atoms with Gasteiger partial charge in [-0.2, -0.15) is 0 Å². The minimum atomic E-state index is -0.0621. The normalized spacial score (nSPS) is 14.3. The van der Waals surface area contributed by atoms with E-state index in [1.807, 2.05) is 35.2 Å². The summed E-state index contributed by atoms with van der Waals surface area (Å²) >= 11 is 3.42. The van der Waals surface area contributed by atoms with E-state index in [0.717, 1.165) is 24.8 Å². The summed E-state index contributed by atoms with van der Waals surface area (Å²) in [6, 6.07) is 13.5. The van der Waals surface area contributed by atoms with Crippen molar-refractivity contribution in [3.63, 3.8) is 0 Å². The number of amides is 2. The Morgan fingerprint density at radius 3 is 2.23 bits per heavy atom. The van der Waals surface area contributed by atoms with Crippen molar-refractivity contribution in [2.75, 3.05) is 27.3 Å². The van der Waals surface area contributed by atoms with Crippen LogP contribution in [0.4, 0.5) is 0 Å². The van der Waals surface area contributed by atoms with Crippen molar-refractivity contribution in [3.8, 4) is 11.5 Å². The highest BCUT2D eigenvalue weighted by molar-refractivity contribution is 9.10. The van der Waals surface area contributed by atoms with Crippen molar-refractivity contribution in [2.45, 2.75) is 31.7 Å². The summed E-state index contributed by atoms with van der Waals surface area (Å²) < 4.78 is 11.4. The molecule has 3 rings (SSSR count). The van der Waals surface area contributed by atoms with Crippen LogP contribution in [-0.2, 0) is 11.2 Å². The number of aryl methyl sites for hydroxylation is 1. The maximum atomic E-state index is 12.9. The Balaban J connectivity index is 1.51. The van der Waals surface area contributed by atoms with Crippen LogP contribution in [0, 0.1) is 0 Å². The standard InChI is InChI=1S/C23H27BrN2O4/c1-29-19-14-17(15-20(30-2)22(19)24)23(28)26-12-10-18(11-13-26)25-21(27)9-8-16-6-4-3-5-7-16/h3-7,14-15,18H,8-13H2,1-2H3,(H,25,27). The maximum absolute atomic E-state index is 12.9. The van der Waals surface area contributed by atoms with Gasteiger partial charge in [-0.3, -0.25) is 9.59 Å². The molecule has 0 aliphatic carbocycles. The molecule has 1 saturated heterocycles. The van der Waals surface area contributed by atoms with Crippen molar-refractivity contribution in [3.05, 3.63) is 58.1 Å². The molecule has 0 aromatic heterocycles. The molecule has 1 N–H and O–H groups in total. The van der Waals surface area contributed by atoms with E-state index in [0.29, 0.717) is 41.0 Å². The van der Waals surface area contributed by atoms with Gasteiger partial charge >= 0.3 is 0 Å². The minimum absolute atomic E-state index is 0.0611. The number of nitrogens with zero attached hydrogens (tertiary/aromatic N) is 1. The molecule has 1 aliphatic rings. The lowest BCUT2D eigenvalue weighted by molar-refractivity contribution is -0.122. The van der Waals surface area contributed by atoms with Crippen LogP contribution in [0.1, 0.15) is 35.2 Å². The Morgan fingerprint density at radius 1 is 1.07 bits per heavy atom. The molecule has 0 atom stereocenters. The molecule has 0 spiro atoms. The first-order valence-corrected chi connectivity index (χ1v) is 10.8. The van der Waals surface area contributed by atoms with Crippen LogP contribution in [-0.4, -0.2) is 50.1 Å². The number of nitrogens with one attached hydrogen (secondary N) is 1. The highest BCUT2D eigenvalue weighted by Crippen LogP contribution is 2.36. The Morgan fingerprint density at radius 2 is 1.67 bits per heavy atom. The first kappa shape index (κ1) is 22.2. The summed E-state index contributed by atoms with van der Waals surface area (Å²) in [5, 5.41) is 3.11. The Labute approximate surface area is 185 Å². The molecule has 30 heavy (non-hydrogen) atoms. The summed E-state index contributed by atoms with van der Waals surface area (Å²) in [6.45, 7) is 1.20. The Bertz CT molecular complexity index is 855. The van der Waals surface area contributed by atoms with Gasteiger partial charge in [0.2, 0.25) is 5.91 Å². The maximum Gasteiger partial charge on any atom is 0.254 e. The van der Waals surface area contributed by atoms with Gasteiger partial charge in [0.25, 0.3) is 5.91 Å². The second-order valence-electron chi connectivity index (χ2n) is 7.31. The van der Waals surface area contributed by atoms with E-state index < -0.39 is 0 Å². The van der Waals surface area contributed by atoms with Gasteiger partial charge in [0.1, 0.15) is 16.0 Å². The number of benzene rings is 2. The lowest BCUT2D eigenvalue weighted by atomic mass is 10.0. The van der Waals surface area contributed by atoms with Crippen molar-refractivity contribution < 1.29 is 19.1 Å². The minimum Gasteiger partial charge on any atom is -0.495 e. The monoisotopic (exact) mass is 474 g/mol. The van der Waals surface area contributed by atoms with Crippen LogP contribution in [0.5, 0.6) is 11.5 Å². The average Bonchev–Trinajstić information content (AvgIpc) is 2.78. The predicted octanol–water partition coefficient (Wildman–Crippen LogP) is 3.82. The second kappa shape index (κ2) is 10.5. The van der Waals surface area contributed by atoms with Gasteiger partial charge in [-0.05, 0) is 52.9 Å². The lowest BCUT2D eigenvalue weighted by Crippen LogP contribution is -2.46. The van der Waals surface area contributed by atoms with Crippen molar-refractivity contribution in [1.29, 1.82) is 0 Å². The number of halogens is 1. The number of carbonyl (C=O) groups excluding carboxylic acids is 2. The quantitative estimate of drug-likeness (QED) is 0.662. The zero-order valence-electron chi connectivity index (χ0n) is 17.3. The van der Waals surface area contributed by atoms with Crippen LogP contribution in [0.3, 0.4) is 0 Å². The number of ether oxygens (including phenoxy) is 2. The van der Waals surface area contributed by atoms with Crippen LogP contribution < -0.4 is 14.8 Å². The predicted molar refractivity (Wildman–Crippen MR) is 119 cm³/mol. The summed E-state index contributed by atoms with van der Waals surface area (Å²) in [6.07, 6.45) is 2.69. The van der Waals surface area contributed by atoms with Gasteiger partial charge in [0, 0.05) is 31.1 Å². The molecule has 2 aromatic carbocycles. The molecule has 0 radical (unpaired) electrons. The fraction of sp³-hybridized carbons (Fsp3) is 0.391. The zero-order chi connectivity index (χ0) is 21.5. The molecule has 2 aromatic rings. The van der Waals surface area contributed by atoms with Gasteiger partial charge in [0.05, 0.1) is 14.2 Å². The van der Waals surface area contributed by atoms with E-state index in [1.165, 1.54) is 0 Å². The lowest BCUT2D eigenvalue weighted by Gasteiger charge is -2.32. The third kappa shape index (κ3) is 5.53. The Hall–Kier alpha value is -2.54. The van der Waals surface area contributed by atoms with Crippen LogP contribution in [0.25, 0.3) is 0 Å². The molecule has 6 nitrogen and oxygen atoms in total. The van der Waals surface area contributed by atoms with Gasteiger partial charge < -0.3 is 19.7 Å². The van der Waals surface area contributed by atoms with Crippen molar-refractivity contribution in [2.24, 2.45) is 0 Å². The molecule has 0 unspecified atom stereocenters. The number of hydrogen-bond donors (Lipinski definition) is 1. The van der Waals surface area contributed by atoms with Gasteiger partial charge in [-0.25, -0.2) is 0 Å². The Kier molecular flexibility index (Phi) is 7.74. The second-order valence-corrected chi connectivity index (χ2v) is 8.11. The molecule has 0 bridgehead atoms. The van der Waals surface area contributed by atoms with E-state index >= 15 is 0 Å². The van der Waals surface area contributed by atoms with E-state index in [-0.39, 0.29) is 17.9 Å². The number of hydrogen-bond acceptors (Lipinski definition) is 4. The summed E-state index contributed by atoms with van der Waals surface area (Å²) in [5.74, 6) is 1.11. The van der Waals surface area contributed by atoms with E-state index in [9.17, 15) is 9.59 Å². The topological polar surface area (TPSA) is 67.9 Å². The van der Waals surface area contributed by atoms with Crippen LogP contribution >= 0.6 is 15.9 Å². The van der Waals surface area contributed by atoms with Gasteiger partial charge in [-0.1, -0.05) is 30.3 Å². The highest BCUT2D eigenvalue weighted by Gasteiger charge is 2.26. The van der Waals surface area contributed by atoms with Gasteiger partial charge in [0.15, 0.2) is 0 Å².